The third-order valence-electron chi connectivity index (χ3n) is 6.91. The summed E-state index contributed by atoms with van der Waals surface area (Å²) in [6.07, 6.45) is 0. The van der Waals surface area contributed by atoms with E-state index in [1.807, 2.05) is 6.92 Å². The molecule has 1 aromatic heterocycles. The minimum absolute atomic E-state index is 0.178. The molecule has 0 unspecified atom stereocenters. The van der Waals surface area contributed by atoms with Gasteiger partial charge in [0.2, 0.25) is 11.0 Å². The van der Waals surface area contributed by atoms with E-state index in [0.717, 1.165) is 31.9 Å². The Balaban J connectivity index is 0.000000226. The minimum atomic E-state index is -4.27. The molecule has 0 amide bonds. The van der Waals surface area contributed by atoms with E-state index in [1.54, 1.807) is 12.1 Å². The van der Waals surface area contributed by atoms with E-state index >= 15 is 0 Å². The monoisotopic (exact) mass is 526 g/mol. The number of hydrogen-bond acceptors (Lipinski definition) is 5. The maximum Gasteiger partial charge on any atom is 0.213 e. The fourth-order valence-electron chi connectivity index (χ4n) is 4.91. The molecule has 0 atom stereocenters. The summed E-state index contributed by atoms with van der Waals surface area (Å²) in [5, 5.41) is 2.58. The number of hydrogen-bond donors (Lipinski definition) is 0. The highest BCUT2D eigenvalue weighted by Gasteiger charge is 2.19. The van der Waals surface area contributed by atoms with Gasteiger partial charge in [0.1, 0.15) is 17.2 Å². The van der Waals surface area contributed by atoms with Gasteiger partial charge in [0.15, 0.2) is 0 Å². The van der Waals surface area contributed by atoms with Crippen molar-refractivity contribution in [3.8, 4) is 11.1 Å². The number of morpholine rings is 1. The molecule has 1 saturated heterocycles. The Hall–Kier alpha value is -3.78. The van der Waals surface area contributed by atoms with Gasteiger partial charge < -0.3 is 14.2 Å². The van der Waals surface area contributed by atoms with Gasteiger partial charge in [0.05, 0.1) is 28.9 Å². The summed E-state index contributed by atoms with van der Waals surface area (Å²) < 4.78 is 38.9. The summed E-state index contributed by atoms with van der Waals surface area (Å²) in [6, 6.07) is 32.1. The van der Waals surface area contributed by atoms with Crippen LogP contribution in [0.1, 0.15) is 5.56 Å². The first-order valence-electron chi connectivity index (χ1n) is 12.6. The van der Waals surface area contributed by atoms with Gasteiger partial charge >= 0.3 is 0 Å². The summed E-state index contributed by atoms with van der Waals surface area (Å²) in [7, 11) is -2.12. The number of fused-ring (bicyclic) bond motifs is 2. The van der Waals surface area contributed by atoms with Crippen LogP contribution in [0.2, 0.25) is 0 Å². The lowest BCUT2D eigenvalue weighted by atomic mass is 9.95. The molecule has 1 aliphatic heterocycles. The van der Waals surface area contributed by atoms with Crippen LogP contribution in [0.15, 0.2) is 102 Å². The lowest BCUT2D eigenvalue weighted by Gasteiger charge is -2.29. The normalized spacial score (nSPS) is 13.8. The van der Waals surface area contributed by atoms with E-state index in [1.165, 1.54) is 50.8 Å². The first kappa shape index (κ1) is 25.9. The van der Waals surface area contributed by atoms with E-state index < -0.39 is 10.1 Å². The van der Waals surface area contributed by atoms with E-state index in [0.29, 0.717) is 0 Å². The molecule has 0 radical (unpaired) electrons. The van der Waals surface area contributed by atoms with Crippen molar-refractivity contribution in [2.45, 2.75) is 11.8 Å². The van der Waals surface area contributed by atoms with E-state index in [4.69, 9.17) is 4.74 Å². The van der Waals surface area contributed by atoms with Gasteiger partial charge in [-0.15, -0.1) is 0 Å². The molecule has 0 aliphatic carbocycles. The summed E-state index contributed by atoms with van der Waals surface area (Å²) in [4.78, 5) is 2.22. The molecule has 38 heavy (non-hydrogen) atoms. The van der Waals surface area contributed by atoms with Crippen LogP contribution in [-0.2, 0) is 21.9 Å². The van der Waals surface area contributed by atoms with Crippen molar-refractivity contribution in [3.05, 3.63) is 103 Å². The number of ether oxygens (including phenoxy) is 1. The number of benzene rings is 4. The molecule has 4 aromatic carbocycles. The molecule has 5 aromatic rings. The topological polar surface area (TPSA) is 73.5 Å². The van der Waals surface area contributed by atoms with Crippen molar-refractivity contribution < 1.29 is 22.3 Å². The fraction of sp³-hybridized carbons (Fsp3) is 0.194. The number of nitrogens with zero attached hydrogens (tertiary/aromatic N) is 2. The lowest BCUT2D eigenvalue weighted by Crippen LogP contribution is -2.36. The molecule has 0 N–H and O–H groups in total. The van der Waals surface area contributed by atoms with Gasteiger partial charge in [-0.05, 0) is 48.9 Å². The van der Waals surface area contributed by atoms with Crippen molar-refractivity contribution in [3.63, 3.8) is 0 Å². The maximum absolute atomic E-state index is 10.4. The Kier molecular flexibility index (Phi) is 7.42. The third kappa shape index (κ3) is 5.41. The van der Waals surface area contributed by atoms with Gasteiger partial charge in [0, 0.05) is 36.5 Å². The zero-order valence-electron chi connectivity index (χ0n) is 21.5. The minimum Gasteiger partial charge on any atom is -0.744 e. The van der Waals surface area contributed by atoms with Gasteiger partial charge in [-0.3, -0.25) is 0 Å². The zero-order valence-corrected chi connectivity index (χ0v) is 22.3. The fourth-order valence-corrected chi connectivity index (χ4v) is 5.38. The number of aromatic nitrogens is 1. The highest BCUT2D eigenvalue weighted by molar-refractivity contribution is 7.85. The predicted octanol–water partition coefficient (Wildman–Crippen LogP) is 5.22. The largest absolute Gasteiger partial charge is 0.744 e. The molecule has 6 rings (SSSR count). The molecular formula is C31H30N2O4S. The molecule has 7 heteroatoms. The Morgan fingerprint density at radius 2 is 1.29 bits per heavy atom. The summed E-state index contributed by atoms with van der Waals surface area (Å²) in [5.41, 5.74) is 7.29. The lowest BCUT2D eigenvalue weighted by molar-refractivity contribution is -0.617. The molecular weight excluding hydrogens is 496 g/mol. The van der Waals surface area contributed by atoms with Gasteiger partial charge in [0.25, 0.3) is 0 Å². The summed E-state index contributed by atoms with van der Waals surface area (Å²) in [5.74, 6) is 0. The quantitative estimate of drug-likeness (QED) is 0.183. The van der Waals surface area contributed by atoms with E-state index in [9.17, 15) is 13.0 Å². The van der Waals surface area contributed by atoms with Gasteiger partial charge in [-0.2, -0.15) is 4.57 Å². The van der Waals surface area contributed by atoms with Crippen molar-refractivity contribution in [2.75, 3.05) is 31.2 Å². The predicted molar refractivity (Wildman–Crippen MR) is 150 cm³/mol. The summed E-state index contributed by atoms with van der Waals surface area (Å²) >= 11 is 0. The highest BCUT2D eigenvalue weighted by Crippen LogP contribution is 2.34. The standard InChI is InChI=1S/C24H23N2O.C7H8O3S/c1-25-22-8-4-2-6-20(22)24(21-7-3-5-9-23(21)25)18-10-12-19(13-11-18)26-14-16-27-17-15-26;1-6-2-4-7(5-3-6)11(8,9)10/h2-13H,14-17H2,1H3;2-5H,1H3,(H,8,9,10)/q+1;/p-1. The van der Waals surface area contributed by atoms with E-state index in [-0.39, 0.29) is 4.90 Å². The highest BCUT2D eigenvalue weighted by atomic mass is 32.2. The molecule has 1 aliphatic rings. The Labute approximate surface area is 223 Å². The maximum atomic E-state index is 10.4. The number of rotatable bonds is 3. The second-order valence-electron chi connectivity index (χ2n) is 9.38. The molecule has 0 spiro atoms. The number of para-hydroxylation sites is 2. The Morgan fingerprint density at radius 1 is 0.763 bits per heavy atom. The van der Waals surface area contributed by atoms with Crippen molar-refractivity contribution >= 4 is 37.6 Å². The van der Waals surface area contributed by atoms with Crippen molar-refractivity contribution in [1.82, 2.24) is 0 Å². The summed E-state index contributed by atoms with van der Waals surface area (Å²) in [6.45, 7) is 5.37. The second kappa shape index (κ2) is 10.9. The molecule has 194 valence electrons. The molecule has 6 nitrogen and oxygen atoms in total. The Morgan fingerprint density at radius 3 is 1.82 bits per heavy atom. The van der Waals surface area contributed by atoms with Crippen LogP contribution in [0, 0.1) is 6.92 Å². The smallest absolute Gasteiger partial charge is 0.213 e. The van der Waals surface area contributed by atoms with Crippen molar-refractivity contribution in [1.29, 1.82) is 0 Å². The SMILES string of the molecule is C[n+]1c2ccccc2c(-c2ccc(N3CCOCC3)cc2)c2ccccc21.Cc1ccc(S(=O)(=O)[O-])cc1. The van der Waals surface area contributed by atoms with Crippen LogP contribution in [0.3, 0.4) is 0 Å². The van der Waals surface area contributed by atoms with Gasteiger partial charge in [-0.25, -0.2) is 8.42 Å². The van der Waals surface area contributed by atoms with Crippen LogP contribution in [0.4, 0.5) is 5.69 Å². The average Bonchev–Trinajstić information content (AvgIpc) is 2.94. The van der Waals surface area contributed by atoms with Crippen LogP contribution in [-0.4, -0.2) is 39.3 Å². The second-order valence-corrected chi connectivity index (χ2v) is 10.8. The van der Waals surface area contributed by atoms with Crippen LogP contribution in [0.25, 0.3) is 32.9 Å². The molecule has 0 bridgehead atoms. The van der Waals surface area contributed by atoms with Crippen molar-refractivity contribution in [2.24, 2.45) is 7.05 Å². The van der Waals surface area contributed by atoms with Crippen LogP contribution >= 0.6 is 0 Å². The number of pyridine rings is 1. The van der Waals surface area contributed by atoms with Gasteiger partial charge in [-0.1, -0.05) is 54.1 Å². The number of aryl methyl sites for hydroxylation is 2. The molecule has 1 fully saturated rings. The zero-order chi connectivity index (χ0) is 26.7. The first-order chi connectivity index (χ1) is 18.3. The third-order valence-corrected chi connectivity index (χ3v) is 7.76. The number of anilines is 1. The van der Waals surface area contributed by atoms with Crippen LogP contribution < -0.4 is 9.47 Å². The van der Waals surface area contributed by atoms with E-state index in [2.05, 4.69) is 89.3 Å². The molecule has 0 saturated carbocycles. The first-order valence-corrected chi connectivity index (χ1v) is 14.0. The average molecular weight is 527 g/mol. The Bertz CT molecular complexity index is 1620. The molecule has 2 heterocycles. The van der Waals surface area contributed by atoms with Crippen LogP contribution in [0.5, 0.6) is 0 Å².